The molecule has 0 amide bonds. The fourth-order valence-corrected chi connectivity index (χ4v) is 3.67. The quantitative estimate of drug-likeness (QED) is 0.249. The molecular weight excluding hydrogens is 414 g/mol. The molecule has 33 heavy (non-hydrogen) atoms. The maximum absolute atomic E-state index is 12.9. The van der Waals surface area contributed by atoms with E-state index in [1.165, 1.54) is 0 Å². The van der Waals surface area contributed by atoms with Gasteiger partial charge in [0, 0.05) is 22.9 Å². The first-order valence-electron chi connectivity index (χ1n) is 10.5. The summed E-state index contributed by atoms with van der Waals surface area (Å²) < 4.78 is 13.1. The normalized spacial score (nSPS) is 12.8. The maximum atomic E-state index is 12.9. The first-order chi connectivity index (χ1) is 16.2. The standard InChI is InChI=1S/C27H19N3O3/c28-17-21(27(31)19-7-3-1-4-8-19)15-22-18-30(23-9-5-2-6-10-23)29-26(22)20-11-12-24-25(16-20)33-14-13-32-24/h1-12,15-16,18H,13-14H2. The number of ketones is 1. The van der Waals surface area contributed by atoms with Crippen LogP contribution in [0, 0.1) is 11.3 Å². The summed E-state index contributed by atoms with van der Waals surface area (Å²) in [5.74, 6) is 0.990. The number of Topliss-reactive ketones (excluding diaryl/α,β-unsaturated/α-hetero) is 1. The lowest BCUT2D eigenvalue weighted by molar-refractivity contribution is 0.104. The number of aromatic nitrogens is 2. The molecule has 0 aliphatic carbocycles. The molecular formula is C27H19N3O3. The highest BCUT2D eigenvalue weighted by atomic mass is 16.6. The first kappa shape index (κ1) is 20.3. The Morgan fingerprint density at radius 3 is 2.36 bits per heavy atom. The van der Waals surface area contributed by atoms with Gasteiger partial charge in [-0.2, -0.15) is 10.4 Å². The van der Waals surface area contributed by atoms with Gasteiger partial charge in [0.05, 0.1) is 5.69 Å². The van der Waals surface area contributed by atoms with Gasteiger partial charge in [0.1, 0.15) is 30.6 Å². The second-order valence-corrected chi connectivity index (χ2v) is 7.44. The average Bonchev–Trinajstić information content (AvgIpc) is 3.31. The Bertz CT molecular complexity index is 1380. The third kappa shape index (κ3) is 4.12. The van der Waals surface area contributed by atoms with Gasteiger partial charge in [-0.25, -0.2) is 4.68 Å². The molecule has 0 unspecified atom stereocenters. The molecule has 160 valence electrons. The summed E-state index contributed by atoms with van der Waals surface area (Å²) in [6, 6.07) is 26.1. The molecule has 0 radical (unpaired) electrons. The number of ether oxygens (including phenoxy) is 2. The Labute approximate surface area is 190 Å². The summed E-state index contributed by atoms with van der Waals surface area (Å²) in [7, 11) is 0. The zero-order valence-electron chi connectivity index (χ0n) is 17.6. The van der Waals surface area contributed by atoms with Crippen molar-refractivity contribution in [3.8, 4) is 34.5 Å². The molecule has 0 atom stereocenters. The molecule has 5 rings (SSSR count). The number of fused-ring (bicyclic) bond motifs is 1. The molecule has 3 aromatic carbocycles. The fourth-order valence-electron chi connectivity index (χ4n) is 3.67. The van der Waals surface area contributed by atoms with Crippen molar-refractivity contribution in [3.63, 3.8) is 0 Å². The van der Waals surface area contributed by atoms with Crippen molar-refractivity contribution in [3.05, 3.63) is 102 Å². The highest BCUT2D eigenvalue weighted by molar-refractivity contribution is 6.14. The lowest BCUT2D eigenvalue weighted by Crippen LogP contribution is -2.15. The predicted octanol–water partition coefficient (Wildman–Crippen LogP) is 5.10. The number of benzene rings is 3. The average molecular weight is 433 g/mol. The zero-order chi connectivity index (χ0) is 22.6. The second-order valence-electron chi connectivity index (χ2n) is 7.44. The number of nitriles is 1. The molecule has 1 aliphatic rings. The number of rotatable bonds is 5. The van der Waals surface area contributed by atoms with Crippen molar-refractivity contribution in [1.29, 1.82) is 5.26 Å². The van der Waals surface area contributed by atoms with Crippen LogP contribution in [0.25, 0.3) is 23.0 Å². The van der Waals surface area contributed by atoms with Crippen molar-refractivity contribution in [2.75, 3.05) is 13.2 Å². The van der Waals surface area contributed by atoms with Gasteiger partial charge in [0.15, 0.2) is 11.5 Å². The number of carbonyl (C=O) groups excluding carboxylic acids is 1. The molecule has 2 heterocycles. The third-order valence-corrected chi connectivity index (χ3v) is 5.28. The maximum Gasteiger partial charge on any atom is 0.203 e. The van der Waals surface area contributed by atoms with Crippen LogP contribution in [0.3, 0.4) is 0 Å². The molecule has 0 N–H and O–H groups in total. The highest BCUT2D eigenvalue weighted by Gasteiger charge is 2.19. The Balaban J connectivity index is 1.63. The molecule has 0 saturated heterocycles. The molecule has 4 aromatic rings. The van der Waals surface area contributed by atoms with E-state index in [9.17, 15) is 10.1 Å². The van der Waals surface area contributed by atoms with Crippen molar-refractivity contribution < 1.29 is 14.3 Å². The van der Waals surface area contributed by atoms with Gasteiger partial charge in [0.25, 0.3) is 0 Å². The summed E-state index contributed by atoms with van der Waals surface area (Å²) in [6.45, 7) is 0.988. The van der Waals surface area contributed by atoms with E-state index in [0.29, 0.717) is 41.5 Å². The van der Waals surface area contributed by atoms with Crippen LogP contribution in [0.5, 0.6) is 11.5 Å². The second kappa shape index (κ2) is 8.85. The van der Waals surface area contributed by atoms with Gasteiger partial charge < -0.3 is 9.47 Å². The third-order valence-electron chi connectivity index (χ3n) is 5.28. The Kier molecular flexibility index (Phi) is 5.44. The van der Waals surface area contributed by atoms with E-state index in [1.807, 2.05) is 60.8 Å². The van der Waals surface area contributed by atoms with Gasteiger partial charge in [-0.1, -0.05) is 48.5 Å². The number of carbonyl (C=O) groups is 1. The van der Waals surface area contributed by atoms with Crippen LogP contribution < -0.4 is 9.47 Å². The van der Waals surface area contributed by atoms with Gasteiger partial charge in [-0.15, -0.1) is 0 Å². The Morgan fingerprint density at radius 2 is 1.64 bits per heavy atom. The molecule has 0 bridgehead atoms. The van der Waals surface area contributed by atoms with Crippen molar-refractivity contribution in [2.45, 2.75) is 0 Å². The number of allylic oxidation sites excluding steroid dienone is 1. The number of nitrogens with zero attached hydrogens (tertiary/aromatic N) is 3. The van der Waals surface area contributed by atoms with Crippen LogP contribution in [-0.2, 0) is 0 Å². The van der Waals surface area contributed by atoms with E-state index in [2.05, 4.69) is 6.07 Å². The lowest BCUT2D eigenvalue weighted by Gasteiger charge is -2.18. The van der Waals surface area contributed by atoms with E-state index in [4.69, 9.17) is 14.6 Å². The Hall–Kier alpha value is -4.63. The van der Waals surface area contributed by atoms with Crippen LogP contribution in [0.4, 0.5) is 0 Å². The number of hydrogen-bond donors (Lipinski definition) is 0. The van der Waals surface area contributed by atoms with Crippen LogP contribution in [-0.4, -0.2) is 28.8 Å². The van der Waals surface area contributed by atoms with E-state index in [1.54, 1.807) is 35.0 Å². The van der Waals surface area contributed by atoms with Crippen LogP contribution >= 0.6 is 0 Å². The molecule has 6 nitrogen and oxygen atoms in total. The summed E-state index contributed by atoms with van der Waals surface area (Å²) in [5, 5.41) is 14.5. The summed E-state index contributed by atoms with van der Waals surface area (Å²) >= 11 is 0. The molecule has 6 heteroatoms. The highest BCUT2D eigenvalue weighted by Crippen LogP contribution is 2.36. The van der Waals surface area contributed by atoms with Gasteiger partial charge in [0.2, 0.25) is 5.78 Å². The fraction of sp³-hybridized carbons (Fsp3) is 0.0741. The minimum absolute atomic E-state index is 0.0348. The lowest BCUT2D eigenvalue weighted by atomic mass is 10.0. The molecule has 0 saturated carbocycles. The van der Waals surface area contributed by atoms with E-state index in [-0.39, 0.29) is 11.4 Å². The van der Waals surface area contributed by atoms with E-state index < -0.39 is 0 Å². The number of hydrogen-bond acceptors (Lipinski definition) is 5. The summed E-state index contributed by atoms with van der Waals surface area (Å²) in [4.78, 5) is 12.9. The minimum atomic E-state index is -0.335. The molecule has 0 fully saturated rings. The minimum Gasteiger partial charge on any atom is -0.486 e. The van der Waals surface area contributed by atoms with Crippen molar-refractivity contribution in [2.24, 2.45) is 0 Å². The Morgan fingerprint density at radius 1 is 0.939 bits per heavy atom. The van der Waals surface area contributed by atoms with Crippen LogP contribution in [0.15, 0.2) is 90.6 Å². The van der Waals surface area contributed by atoms with Gasteiger partial charge >= 0.3 is 0 Å². The van der Waals surface area contributed by atoms with Crippen LogP contribution in [0.2, 0.25) is 0 Å². The van der Waals surface area contributed by atoms with Gasteiger partial charge in [-0.05, 0) is 36.4 Å². The topological polar surface area (TPSA) is 77.1 Å². The van der Waals surface area contributed by atoms with E-state index in [0.717, 1.165) is 11.3 Å². The summed E-state index contributed by atoms with van der Waals surface area (Å²) in [6.07, 6.45) is 3.41. The molecule has 1 aromatic heterocycles. The largest absolute Gasteiger partial charge is 0.486 e. The predicted molar refractivity (Wildman–Crippen MR) is 124 cm³/mol. The SMILES string of the molecule is N#CC(=Cc1cn(-c2ccccc2)nc1-c1ccc2c(c1)OCCO2)C(=O)c1ccccc1. The van der Waals surface area contributed by atoms with Crippen molar-refractivity contribution >= 4 is 11.9 Å². The zero-order valence-corrected chi connectivity index (χ0v) is 17.6. The first-order valence-corrected chi connectivity index (χ1v) is 10.5. The monoisotopic (exact) mass is 433 g/mol. The summed E-state index contributed by atoms with van der Waals surface area (Å²) in [5.41, 5.74) is 3.43. The molecule has 1 aliphatic heterocycles. The number of para-hydroxylation sites is 1. The molecule has 0 spiro atoms. The van der Waals surface area contributed by atoms with Gasteiger partial charge in [-0.3, -0.25) is 4.79 Å². The van der Waals surface area contributed by atoms with Crippen molar-refractivity contribution in [1.82, 2.24) is 9.78 Å². The van der Waals surface area contributed by atoms with E-state index >= 15 is 0 Å². The smallest absolute Gasteiger partial charge is 0.203 e. The van der Waals surface area contributed by atoms with Crippen LogP contribution in [0.1, 0.15) is 15.9 Å².